The minimum atomic E-state index is -4.57. The third-order valence-corrected chi connectivity index (χ3v) is 7.07. The van der Waals surface area contributed by atoms with Gasteiger partial charge >= 0.3 is 5.51 Å². The summed E-state index contributed by atoms with van der Waals surface area (Å²) in [6, 6.07) is 9.11. The highest BCUT2D eigenvalue weighted by Crippen LogP contribution is 2.45. The first-order valence-corrected chi connectivity index (χ1v) is 12.9. The van der Waals surface area contributed by atoms with E-state index in [9.17, 15) is 22.4 Å². The number of likely N-dealkylation sites (tertiary alicyclic amines) is 1. The number of methoxy groups -OCH3 is 1. The standard InChI is InChI=1S/C27H28F4N4O3S/c1-32-26(36)16-9-10-22(37-3)21(14-16)33-12-5-8-23-25(39-27(29,30)31)17-6-4-7-20(24(17)38-23)34-19-11-13-35(2)15-18(19)28/h4,6-7,9-10,14,18-19,33-34H,11-13,15H2,1-3H3,(H,32,36)/t18-,19+/m0/s1. The molecule has 2 atom stereocenters. The Balaban J connectivity index is 1.61. The molecule has 0 bridgehead atoms. The molecule has 0 radical (unpaired) electrons. The minimum Gasteiger partial charge on any atom is -0.495 e. The summed E-state index contributed by atoms with van der Waals surface area (Å²) in [6.45, 7) is 0.994. The topological polar surface area (TPSA) is 78.8 Å². The van der Waals surface area contributed by atoms with Gasteiger partial charge in [0, 0.05) is 31.1 Å². The second-order valence-electron chi connectivity index (χ2n) is 8.96. The first kappa shape index (κ1) is 28.4. The van der Waals surface area contributed by atoms with Gasteiger partial charge in [-0.05, 0) is 61.5 Å². The molecule has 12 heteroatoms. The summed E-state index contributed by atoms with van der Waals surface area (Å²) in [5.41, 5.74) is -3.08. The van der Waals surface area contributed by atoms with Crippen LogP contribution in [0.15, 0.2) is 45.7 Å². The summed E-state index contributed by atoms with van der Waals surface area (Å²) >= 11 is -0.302. The normalized spacial score (nSPS) is 17.8. The molecule has 3 N–H and O–H groups in total. The number of rotatable bonds is 7. The van der Waals surface area contributed by atoms with E-state index in [1.807, 2.05) is 11.9 Å². The van der Waals surface area contributed by atoms with Crippen LogP contribution in [0.4, 0.5) is 28.9 Å². The number of hydrogen-bond acceptors (Lipinski definition) is 7. The number of fused-ring (bicyclic) bond motifs is 1. The fraction of sp³-hybridized carbons (Fsp3) is 0.370. The van der Waals surface area contributed by atoms with Crippen LogP contribution in [0.5, 0.6) is 5.75 Å². The molecule has 1 amide bonds. The molecule has 4 rings (SSSR count). The van der Waals surface area contributed by atoms with Gasteiger partial charge in [-0.1, -0.05) is 12.0 Å². The lowest BCUT2D eigenvalue weighted by Gasteiger charge is -2.33. The Morgan fingerprint density at radius 2 is 2.05 bits per heavy atom. The van der Waals surface area contributed by atoms with E-state index in [1.54, 1.807) is 30.3 Å². The molecule has 0 saturated carbocycles. The van der Waals surface area contributed by atoms with E-state index < -0.39 is 17.7 Å². The van der Waals surface area contributed by atoms with Crippen LogP contribution in [0.1, 0.15) is 22.5 Å². The Kier molecular flexibility index (Phi) is 8.82. The van der Waals surface area contributed by atoms with Gasteiger partial charge in [0.05, 0.1) is 36.0 Å². The fourth-order valence-electron chi connectivity index (χ4n) is 4.32. The van der Waals surface area contributed by atoms with Crippen molar-refractivity contribution in [3.05, 3.63) is 47.7 Å². The zero-order chi connectivity index (χ0) is 28.2. The lowest BCUT2D eigenvalue weighted by Crippen LogP contribution is -2.46. The van der Waals surface area contributed by atoms with Gasteiger partial charge in [-0.25, -0.2) is 4.39 Å². The van der Waals surface area contributed by atoms with Gasteiger partial charge < -0.3 is 30.0 Å². The minimum absolute atomic E-state index is 0.0327. The van der Waals surface area contributed by atoms with Crippen LogP contribution in [0, 0.1) is 11.8 Å². The molecule has 7 nitrogen and oxygen atoms in total. The van der Waals surface area contributed by atoms with Crippen molar-refractivity contribution < 1.29 is 31.5 Å². The number of halogens is 4. The maximum absolute atomic E-state index is 14.6. The van der Waals surface area contributed by atoms with E-state index in [0.29, 0.717) is 35.7 Å². The molecule has 3 aromatic rings. The van der Waals surface area contributed by atoms with Crippen LogP contribution in [-0.4, -0.2) is 69.4 Å². The van der Waals surface area contributed by atoms with Gasteiger partial charge in [0.25, 0.3) is 5.91 Å². The number of piperidine rings is 1. The molecule has 1 aliphatic rings. The maximum atomic E-state index is 14.6. The zero-order valence-corrected chi connectivity index (χ0v) is 22.4. The highest BCUT2D eigenvalue weighted by molar-refractivity contribution is 8.00. The van der Waals surface area contributed by atoms with Crippen LogP contribution in [-0.2, 0) is 0 Å². The van der Waals surface area contributed by atoms with Crippen molar-refractivity contribution in [1.82, 2.24) is 10.2 Å². The summed E-state index contributed by atoms with van der Waals surface area (Å²) < 4.78 is 66.2. The number of benzene rings is 2. The molecule has 0 unspecified atom stereocenters. The molecule has 39 heavy (non-hydrogen) atoms. The van der Waals surface area contributed by atoms with E-state index in [2.05, 4.69) is 27.8 Å². The van der Waals surface area contributed by atoms with Crippen LogP contribution < -0.4 is 20.7 Å². The molecule has 2 heterocycles. The van der Waals surface area contributed by atoms with Gasteiger partial charge in [-0.15, -0.1) is 0 Å². The second kappa shape index (κ2) is 12.1. The summed E-state index contributed by atoms with van der Waals surface area (Å²) in [5, 5.41) is 8.92. The Morgan fingerprint density at radius 1 is 1.26 bits per heavy atom. The highest BCUT2D eigenvalue weighted by atomic mass is 32.2. The van der Waals surface area contributed by atoms with Crippen LogP contribution in [0.2, 0.25) is 0 Å². The third kappa shape index (κ3) is 6.91. The molecule has 1 aromatic heterocycles. The number of hydrogen-bond donors (Lipinski definition) is 3. The number of furan rings is 1. The van der Waals surface area contributed by atoms with Crippen molar-refractivity contribution in [1.29, 1.82) is 0 Å². The first-order chi connectivity index (χ1) is 18.6. The number of para-hydroxylation sites is 1. The van der Waals surface area contributed by atoms with Crippen LogP contribution >= 0.6 is 11.8 Å². The Labute approximate surface area is 227 Å². The molecule has 2 aromatic carbocycles. The zero-order valence-electron chi connectivity index (χ0n) is 21.5. The van der Waals surface area contributed by atoms with E-state index >= 15 is 0 Å². The molecule has 1 saturated heterocycles. The SMILES string of the molecule is CNC(=O)c1ccc(OC)c(NCC#Cc2oc3c(N[C@@H]4CCN(C)C[C@@H]4F)cccc3c2SC(F)(F)F)c1. The number of alkyl halides is 4. The Hall–Kier alpha value is -3.56. The quantitative estimate of drug-likeness (QED) is 0.203. The van der Waals surface area contributed by atoms with Crippen molar-refractivity contribution in [3.63, 3.8) is 0 Å². The lowest BCUT2D eigenvalue weighted by atomic mass is 10.0. The number of ether oxygens (including phenoxy) is 1. The number of thioether (sulfide) groups is 1. The van der Waals surface area contributed by atoms with Gasteiger partial charge in [0.2, 0.25) is 0 Å². The number of carbonyl (C=O) groups is 1. The van der Waals surface area contributed by atoms with Crippen molar-refractivity contribution in [2.45, 2.75) is 29.0 Å². The van der Waals surface area contributed by atoms with Gasteiger partial charge in [0.1, 0.15) is 11.9 Å². The fourth-order valence-corrected chi connectivity index (χ4v) is 5.01. The van der Waals surface area contributed by atoms with E-state index in [4.69, 9.17) is 9.15 Å². The third-order valence-electron chi connectivity index (χ3n) is 6.23. The van der Waals surface area contributed by atoms with Crippen molar-refractivity contribution in [2.75, 3.05) is 51.5 Å². The molecular formula is C27H28F4N4O3S. The van der Waals surface area contributed by atoms with Crippen molar-refractivity contribution in [3.8, 4) is 17.6 Å². The average molecular weight is 565 g/mol. The number of nitrogens with zero attached hydrogens (tertiary/aromatic N) is 1. The molecule has 1 fully saturated rings. The number of amides is 1. The molecule has 208 valence electrons. The van der Waals surface area contributed by atoms with Gasteiger partial charge in [-0.3, -0.25) is 4.79 Å². The van der Waals surface area contributed by atoms with Crippen molar-refractivity contribution >= 4 is 40.0 Å². The van der Waals surface area contributed by atoms with Crippen LogP contribution in [0.25, 0.3) is 11.0 Å². The summed E-state index contributed by atoms with van der Waals surface area (Å²) in [4.78, 5) is 13.7. The average Bonchev–Trinajstić information content (AvgIpc) is 3.24. The summed E-state index contributed by atoms with van der Waals surface area (Å²) in [6.07, 6.45) is -0.593. The molecule has 1 aliphatic heterocycles. The summed E-state index contributed by atoms with van der Waals surface area (Å²) in [5.74, 6) is 5.53. The predicted octanol–water partition coefficient (Wildman–Crippen LogP) is 5.33. The second-order valence-corrected chi connectivity index (χ2v) is 10.0. The van der Waals surface area contributed by atoms with Crippen LogP contribution in [0.3, 0.4) is 0 Å². The first-order valence-electron chi connectivity index (χ1n) is 12.1. The molecule has 0 aliphatic carbocycles. The number of nitrogens with one attached hydrogen (secondary N) is 3. The van der Waals surface area contributed by atoms with Gasteiger partial charge in [-0.2, -0.15) is 13.2 Å². The summed E-state index contributed by atoms with van der Waals surface area (Å²) in [7, 11) is 4.83. The monoisotopic (exact) mass is 564 g/mol. The van der Waals surface area contributed by atoms with E-state index in [0.717, 1.165) is 0 Å². The largest absolute Gasteiger partial charge is 0.495 e. The number of carbonyl (C=O) groups excluding carboxylic acids is 1. The highest BCUT2D eigenvalue weighted by Gasteiger charge is 2.34. The Morgan fingerprint density at radius 3 is 2.74 bits per heavy atom. The lowest BCUT2D eigenvalue weighted by molar-refractivity contribution is -0.0328. The Bertz CT molecular complexity index is 1400. The predicted molar refractivity (Wildman–Crippen MR) is 144 cm³/mol. The van der Waals surface area contributed by atoms with Crippen molar-refractivity contribution in [2.24, 2.45) is 0 Å². The van der Waals surface area contributed by atoms with E-state index in [-0.39, 0.29) is 52.4 Å². The molecular weight excluding hydrogens is 536 g/mol. The van der Waals surface area contributed by atoms with Gasteiger partial charge in [0.15, 0.2) is 11.3 Å². The molecule has 0 spiro atoms. The smallest absolute Gasteiger partial charge is 0.446 e. The maximum Gasteiger partial charge on any atom is 0.446 e. The number of anilines is 2. The van der Waals surface area contributed by atoms with E-state index in [1.165, 1.54) is 20.2 Å².